The molecule has 242 valence electrons. The van der Waals surface area contributed by atoms with Crippen molar-refractivity contribution in [3.05, 3.63) is 188 Å². The van der Waals surface area contributed by atoms with Crippen LogP contribution >= 0.6 is 0 Å². The monoisotopic (exact) mass is 661 g/mol. The lowest BCUT2D eigenvalue weighted by Crippen LogP contribution is -2.00. The summed E-state index contributed by atoms with van der Waals surface area (Å²) in [5, 5.41) is 14.3. The first-order valence-corrected chi connectivity index (χ1v) is 17.6. The van der Waals surface area contributed by atoms with E-state index in [4.69, 9.17) is 15.0 Å². The van der Waals surface area contributed by atoms with Gasteiger partial charge in [0.15, 0.2) is 17.5 Å². The fourth-order valence-electron chi connectivity index (χ4n) is 7.71. The Hall–Kier alpha value is -6.97. The standard InChI is InChI=1S/C49H31N3/c1-3-16-33(17-4-1)47-50-48(34-18-5-2-6-19-34)52-49(51-47)35-28-29-42-40-24-12-10-22-38(40)37-21-9-11-23-39(37)41-25-13-14-26-43(41)46-36-20-8-7-15-32(36)27-30-44(46)45(42)31-35/h1-31H. The number of aromatic nitrogens is 3. The number of rotatable bonds is 3. The predicted octanol–water partition coefficient (Wildman–Crippen LogP) is 12.9. The van der Waals surface area contributed by atoms with Gasteiger partial charge in [-0.3, -0.25) is 0 Å². The third kappa shape index (κ3) is 5.02. The minimum atomic E-state index is 0.633. The van der Waals surface area contributed by atoms with E-state index >= 15 is 0 Å². The molecule has 0 unspecified atom stereocenters. The van der Waals surface area contributed by atoms with E-state index in [0.29, 0.717) is 17.5 Å². The maximum absolute atomic E-state index is 5.12. The average molecular weight is 662 g/mol. The lowest BCUT2D eigenvalue weighted by atomic mass is 9.91. The van der Waals surface area contributed by atoms with E-state index in [1.54, 1.807) is 0 Å². The van der Waals surface area contributed by atoms with E-state index in [2.05, 4.69) is 152 Å². The molecule has 3 nitrogen and oxygen atoms in total. The van der Waals surface area contributed by atoms with Gasteiger partial charge in [0.25, 0.3) is 0 Å². The van der Waals surface area contributed by atoms with E-state index in [9.17, 15) is 0 Å². The van der Waals surface area contributed by atoms with Gasteiger partial charge in [0.05, 0.1) is 0 Å². The van der Waals surface area contributed by atoms with Crippen LogP contribution in [-0.2, 0) is 0 Å². The Morgan fingerprint density at radius 1 is 0.231 bits per heavy atom. The molecule has 10 rings (SSSR count). The summed E-state index contributed by atoms with van der Waals surface area (Å²) in [6.07, 6.45) is 0. The number of nitrogens with zero attached hydrogens (tertiary/aromatic N) is 3. The highest BCUT2D eigenvalue weighted by atomic mass is 15.0. The van der Waals surface area contributed by atoms with Crippen molar-refractivity contribution in [2.45, 2.75) is 0 Å². The van der Waals surface area contributed by atoms with E-state index in [1.165, 1.54) is 48.5 Å². The summed E-state index contributed by atoms with van der Waals surface area (Å²) in [6, 6.07) is 66.7. The minimum Gasteiger partial charge on any atom is -0.208 e. The predicted molar refractivity (Wildman–Crippen MR) is 219 cm³/mol. The molecule has 0 fully saturated rings. The summed E-state index contributed by atoms with van der Waals surface area (Å²) >= 11 is 0. The zero-order valence-corrected chi connectivity index (χ0v) is 28.2. The molecule has 0 N–H and O–H groups in total. The van der Waals surface area contributed by atoms with Gasteiger partial charge in [-0.25, -0.2) is 15.0 Å². The molecule has 52 heavy (non-hydrogen) atoms. The van der Waals surface area contributed by atoms with Crippen molar-refractivity contribution < 1.29 is 0 Å². The van der Waals surface area contributed by atoms with Crippen LogP contribution in [0.2, 0.25) is 0 Å². The van der Waals surface area contributed by atoms with Crippen LogP contribution in [0.3, 0.4) is 0 Å². The molecule has 0 saturated carbocycles. The van der Waals surface area contributed by atoms with Crippen LogP contribution in [0, 0.1) is 0 Å². The molecule has 3 heteroatoms. The smallest absolute Gasteiger partial charge is 0.164 e. The summed E-state index contributed by atoms with van der Waals surface area (Å²) in [5.74, 6) is 1.92. The molecule has 0 saturated heterocycles. The fourth-order valence-corrected chi connectivity index (χ4v) is 7.71. The van der Waals surface area contributed by atoms with Crippen molar-refractivity contribution in [2.24, 2.45) is 0 Å². The molecule has 0 atom stereocenters. The Labute approximate surface area is 300 Å². The number of fused-ring (bicyclic) bond motifs is 12. The molecule has 1 heterocycles. The van der Waals surface area contributed by atoms with Crippen LogP contribution in [0.25, 0.3) is 98.8 Å². The normalized spacial score (nSPS) is 11.5. The zero-order chi connectivity index (χ0) is 34.4. The molecule has 0 bridgehead atoms. The van der Waals surface area contributed by atoms with E-state index in [0.717, 1.165) is 32.8 Å². The van der Waals surface area contributed by atoms with Gasteiger partial charge < -0.3 is 0 Å². The maximum atomic E-state index is 5.12. The molecular weight excluding hydrogens is 631 g/mol. The van der Waals surface area contributed by atoms with Crippen molar-refractivity contribution in [3.8, 4) is 34.2 Å². The Bertz CT molecular complexity index is 3000. The van der Waals surface area contributed by atoms with Gasteiger partial charge in [-0.05, 0) is 70.7 Å². The van der Waals surface area contributed by atoms with Crippen molar-refractivity contribution in [3.63, 3.8) is 0 Å². The van der Waals surface area contributed by atoms with Crippen molar-refractivity contribution >= 4 is 64.6 Å². The lowest BCUT2D eigenvalue weighted by molar-refractivity contribution is 1.07. The molecule has 10 aromatic rings. The van der Waals surface area contributed by atoms with Gasteiger partial charge in [-0.2, -0.15) is 0 Å². The number of hydrogen-bond acceptors (Lipinski definition) is 3. The summed E-state index contributed by atoms with van der Waals surface area (Å²) in [7, 11) is 0. The molecule has 0 aliphatic carbocycles. The highest BCUT2D eigenvalue weighted by Gasteiger charge is 2.15. The Morgan fingerprint density at radius 3 is 1.13 bits per heavy atom. The summed E-state index contributed by atoms with van der Waals surface area (Å²) in [5.41, 5.74) is 2.82. The molecule has 0 spiro atoms. The molecule has 0 radical (unpaired) electrons. The zero-order valence-electron chi connectivity index (χ0n) is 28.2. The van der Waals surface area contributed by atoms with Gasteiger partial charge in [0.2, 0.25) is 0 Å². The Kier molecular flexibility index (Phi) is 7.14. The van der Waals surface area contributed by atoms with Gasteiger partial charge in [0, 0.05) is 16.7 Å². The van der Waals surface area contributed by atoms with E-state index in [-0.39, 0.29) is 0 Å². The average Bonchev–Trinajstić information content (AvgIpc) is 3.23. The summed E-state index contributed by atoms with van der Waals surface area (Å²) in [4.78, 5) is 15.2. The molecule has 9 aromatic carbocycles. The summed E-state index contributed by atoms with van der Waals surface area (Å²) < 4.78 is 0. The Balaban J connectivity index is 1.41. The van der Waals surface area contributed by atoms with Crippen molar-refractivity contribution in [1.82, 2.24) is 15.0 Å². The number of benzene rings is 8. The topological polar surface area (TPSA) is 38.7 Å². The largest absolute Gasteiger partial charge is 0.208 e. The van der Waals surface area contributed by atoms with Crippen LogP contribution in [0.5, 0.6) is 0 Å². The van der Waals surface area contributed by atoms with Gasteiger partial charge in [-0.1, -0.05) is 182 Å². The van der Waals surface area contributed by atoms with E-state index in [1.807, 2.05) is 36.4 Å². The molecular formula is C49H31N3. The number of hydrogen-bond donors (Lipinski definition) is 0. The SMILES string of the molecule is c1ccc(-c2nc(-c3ccccc3)nc(-c3ccc4c5ccccc5c5ccccc5c5ccccc5c5c6ccccc6ccc5c4c3)n2)cc1. The quantitative estimate of drug-likeness (QED) is 0.189. The highest BCUT2D eigenvalue weighted by molar-refractivity contribution is 6.30. The van der Waals surface area contributed by atoms with E-state index < -0.39 is 0 Å². The third-order valence-corrected chi connectivity index (χ3v) is 10.1. The minimum absolute atomic E-state index is 0.633. The first-order valence-electron chi connectivity index (χ1n) is 17.6. The first-order chi connectivity index (χ1) is 25.8. The second-order valence-corrected chi connectivity index (χ2v) is 13.1. The maximum Gasteiger partial charge on any atom is 0.164 e. The first kappa shape index (κ1) is 29.9. The molecule has 0 amide bonds. The molecule has 0 aliphatic rings. The van der Waals surface area contributed by atoms with Gasteiger partial charge in [0.1, 0.15) is 0 Å². The van der Waals surface area contributed by atoms with Crippen LogP contribution in [-0.4, -0.2) is 15.0 Å². The second kappa shape index (κ2) is 12.4. The van der Waals surface area contributed by atoms with Gasteiger partial charge >= 0.3 is 0 Å². The van der Waals surface area contributed by atoms with Gasteiger partial charge in [-0.15, -0.1) is 0 Å². The van der Waals surface area contributed by atoms with Crippen LogP contribution in [0.15, 0.2) is 188 Å². The fraction of sp³-hybridized carbons (Fsp3) is 0. The summed E-state index contributed by atoms with van der Waals surface area (Å²) in [6.45, 7) is 0. The highest BCUT2D eigenvalue weighted by Crippen LogP contribution is 2.39. The van der Waals surface area contributed by atoms with Crippen LogP contribution in [0.1, 0.15) is 0 Å². The van der Waals surface area contributed by atoms with Crippen LogP contribution < -0.4 is 0 Å². The third-order valence-electron chi connectivity index (χ3n) is 10.1. The lowest BCUT2D eigenvalue weighted by Gasteiger charge is -2.13. The molecule has 1 aromatic heterocycles. The molecule has 0 aliphatic heterocycles. The second-order valence-electron chi connectivity index (χ2n) is 13.1. The van der Waals surface area contributed by atoms with Crippen molar-refractivity contribution in [2.75, 3.05) is 0 Å². The Morgan fingerprint density at radius 2 is 0.596 bits per heavy atom. The van der Waals surface area contributed by atoms with Crippen LogP contribution in [0.4, 0.5) is 0 Å². The van der Waals surface area contributed by atoms with Crippen molar-refractivity contribution in [1.29, 1.82) is 0 Å².